The maximum Gasteiger partial charge on any atom is 0.111 e. The number of nitrogens with zero attached hydrogens (tertiary/aromatic N) is 2. The van der Waals surface area contributed by atoms with Crippen LogP contribution in [0.3, 0.4) is 0 Å². The van der Waals surface area contributed by atoms with Crippen LogP contribution in [-0.4, -0.2) is 9.55 Å². The lowest BCUT2D eigenvalue weighted by Crippen LogP contribution is -1.99. The number of aromatic nitrogens is 2. The Bertz CT molecular complexity index is 774. The van der Waals surface area contributed by atoms with Crippen molar-refractivity contribution in [3.8, 4) is 5.69 Å². The van der Waals surface area contributed by atoms with E-state index in [1.54, 1.807) is 0 Å². The number of imidazole rings is 1. The highest BCUT2D eigenvalue weighted by molar-refractivity contribution is 9.10. The average molecular weight is 316 g/mol. The zero-order valence-electron chi connectivity index (χ0n) is 10.8. The molecule has 3 nitrogen and oxygen atoms in total. The van der Waals surface area contributed by atoms with Gasteiger partial charge in [-0.05, 0) is 55.8 Å². The zero-order valence-corrected chi connectivity index (χ0v) is 12.4. The summed E-state index contributed by atoms with van der Waals surface area (Å²) >= 11 is 3.50. The van der Waals surface area contributed by atoms with Gasteiger partial charge in [-0.15, -0.1) is 0 Å². The van der Waals surface area contributed by atoms with E-state index in [1.165, 1.54) is 5.56 Å². The van der Waals surface area contributed by atoms with Crippen LogP contribution in [0.25, 0.3) is 16.7 Å². The van der Waals surface area contributed by atoms with E-state index in [1.807, 2.05) is 31.2 Å². The van der Waals surface area contributed by atoms with Crippen molar-refractivity contribution in [1.82, 2.24) is 9.55 Å². The van der Waals surface area contributed by atoms with Gasteiger partial charge >= 0.3 is 0 Å². The minimum Gasteiger partial charge on any atom is -0.399 e. The summed E-state index contributed by atoms with van der Waals surface area (Å²) in [5, 5.41) is 0. The highest BCUT2D eigenvalue weighted by Gasteiger charge is 2.11. The van der Waals surface area contributed by atoms with Crippen LogP contribution in [0.15, 0.2) is 40.9 Å². The number of nitrogens with two attached hydrogens (primary N) is 1. The number of fused-ring (bicyclic) bond motifs is 1. The van der Waals surface area contributed by atoms with Gasteiger partial charge < -0.3 is 5.73 Å². The molecule has 0 radical (unpaired) electrons. The molecule has 0 amide bonds. The normalized spacial score (nSPS) is 11.1. The second-order valence-electron chi connectivity index (χ2n) is 4.67. The predicted octanol–water partition coefficient (Wildman–Crippen LogP) is 3.99. The molecule has 0 spiro atoms. The third-order valence-electron chi connectivity index (χ3n) is 3.25. The van der Waals surface area contributed by atoms with Gasteiger partial charge in [0.05, 0.1) is 16.7 Å². The molecular formula is C15H14BrN3. The monoisotopic (exact) mass is 315 g/mol. The van der Waals surface area contributed by atoms with Crippen LogP contribution in [0.2, 0.25) is 0 Å². The van der Waals surface area contributed by atoms with Gasteiger partial charge in [0.2, 0.25) is 0 Å². The van der Waals surface area contributed by atoms with Crippen molar-refractivity contribution < 1.29 is 0 Å². The molecule has 4 heteroatoms. The van der Waals surface area contributed by atoms with E-state index in [0.29, 0.717) is 0 Å². The smallest absolute Gasteiger partial charge is 0.111 e. The number of aryl methyl sites for hydroxylation is 2. The summed E-state index contributed by atoms with van der Waals surface area (Å²) in [7, 11) is 0. The first-order valence-electron chi connectivity index (χ1n) is 6.07. The van der Waals surface area contributed by atoms with E-state index in [-0.39, 0.29) is 0 Å². The molecule has 0 saturated heterocycles. The summed E-state index contributed by atoms with van der Waals surface area (Å²) in [6, 6.07) is 12.1. The largest absolute Gasteiger partial charge is 0.399 e. The Morgan fingerprint density at radius 3 is 2.63 bits per heavy atom. The summed E-state index contributed by atoms with van der Waals surface area (Å²) in [6.45, 7) is 4.11. The number of rotatable bonds is 1. The molecule has 2 aromatic carbocycles. The third-order valence-corrected chi connectivity index (χ3v) is 3.74. The quantitative estimate of drug-likeness (QED) is 0.690. The number of halogens is 1. The lowest BCUT2D eigenvalue weighted by Gasteiger charge is -2.10. The molecule has 3 aromatic rings. The number of anilines is 1. The van der Waals surface area contributed by atoms with Gasteiger partial charge in [-0.25, -0.2) is 4.98 Å². The fourth-order valence-corrected chi connectivity index (χ4v) is 2.87. The summed E-state index contributed by atoms with van der Waals surface area (Å²) in [4.78, 5) is 4.59. The fourth-order valence-electron chi connectivity index (χ4n) is 2.39. The molecule has 0 saturated carbocycles. The van der Waals surface area contributed by atoms with E-state index in [0.717, 1.165) is 32.7 Å². The van der Waals surface area contributed by atoms with Crippen molar-refractivity contribution in [2.75, 3.05) is 5.73 Å². The van der Waals surface area contributed by atoms with E-state index in [4.69, 9.17) is 5.73 Å². The van der Waals surface area contributed by atoms with Crippen LogP contribution >= 0.6 is 15.9 Å². The Kier molecular flexibility index (Phi) is 2.82. The van der Waals surface area contributed by atoms with Gasteiger partial charge in [-0.3, -0.25) is 4.57 Å². The highest BCUT2D eigenvalue weighted by atomic mass is 79.9. The Hall–Kier alpha value is -1.81. The fraction of sp³-hybridized carbons (Fsp3) is 0.133. The maximum atomic E-state index is 5.82. The highest BCUT2D eigenvalue weighted by Crippen LogP contribution is 2.26. The third kappa shape index (κ3) is 2.02. The second kappa shape index (κ2) is 4.38. The van der Waals surface area contributed by atoms with Gasteiger partial charge in [-0.2, -0.15) is 0 Å². The summed E-state index contributed by atoms with van der Waals surface area (Å²) < 4.78 is 3.25. The van der Waals surface area contributed by atoms with Gasteiger partial charge in [0, 0.05) is 10.2 Å². The van der Waals surface area contributed by atoms with Crippen molar-refractivity contribution >= 4 is 32.7 Å². The van der Waals surface area contributed by atoms with Crippen molar-refractivity contribution in [2.45, 2.75) is 13.8 Å². The van der Waals surface area contributed by atoms with Gasteiger partial charge in [-0.1, -0.05) is 15.9 Å². The number of hydrogen-bond acceptors (Lipinski definition) is 2. The van der Waals surface area contributed by atoms with Crippen LogP contribution in [0.5, 0.6) is 0 Å². The van der Waals surface area contributed by atoms with Crippen molar-refractivity contribution in [3.05, 3.63) is 52.3 Å². The topological polar surface area (TPSA) is 43.8 Å². The van der Waals surface area contributed by atoms with Crippen LogP contribution < -0.4 is 5.73 Å². The minimum absolute atomic E-state index is 0.740. The molecule has 0 bridgehead atoms. The molecule has 3 rings (SSSR count). The summed E-state index contributed by atoms with van der Waals surface area (Å²) in [5.41, 5.74) is 10.9. The summed E-state index contributed by atoms with van der Waals surface area (Å²) in [6.07, 6.45) is 0. The van der Waals surface area contributed by atoms with Gasteiger partial charge in [0.15, 0.2) is 0 Å². The molecule has 0 fully saturated rings. The number of benzene rings is 2. The first kappa shape index (κ1) is 12.2. The molecule has 0 aliphatic carbocycles. The molecule has 1 aromatic heterocycles. The first-order valence-corrected chi connectivity index (χ1v) is 6.86. The number of hydrogen-bond donors (Lipinski definition) is 1. The molecule has 0 aliphatic rings. The Labute approximate surface area is 120 Å². The van der Waals surface area contributed by atoms with Crippen molar-refractivity contribution in [3.63, 3.8) is 0 Å². The standard InChI is InChI=1S/C15H14BrN3/c1-9-7-11(16)3-5-14(9)19-10(2)18-13-8-12(17)4-6-15(13)19/h3-8H,17H2,1-2H3. The van der Waals surface area contributed by atoms with Crippen LogP contribution in [0.4, 0.5) is 5.69 Å². The van der Waals surface area contributed by atoms with Gasteiger partial charge in [0.25, 0.3) is 0 Å². The Balaban J connectivity index is 2.33. The van der Waals surface area contributed by atoms with Crippen LogP contribution in [-0.2, 0) is 0 Å². The molecule has 0 unspecified atom stereocenters. The van der Waals surface area contributed by atoms with E-state index < -0.39 is 0 Å². The average Bonchev–Trinajstić information content (AvgIpc) is 2.65. The second-order valence-corrected chi connectivity index (χ2v) is 5.59. The molecule has 19 heavy (non-hydrogen) atoms. The van der Waals surface area contributed by atoms with Crippen molar-refractivity contribution in [2.24, 2.45) is 0 Å². The molecule has 2 N–H and O–H groups in total. The van der Waals surface area contributed by atoms with Gasteiger partial charge in [0.1, 0.15) is 5.82 Å². The Morgan fingerprint density at radius 2 is 1.89 bits per heavy atom. The molecule has 96 valence electrons. The lowest BCUT2D eigenvalue weighted by molar-refractivity contribution is 0.989. The Morgan fingerprint density at radius 1 is 1.11 bits per heavy atom. The van der Waals surface area contributed by atoms with Crippen LogP contribution in [0, 0.1) is 13.8 Å². The lowest BCUT2D eigenvalue weighted by atomic mass is 10.2. The van der Waals surface area contributed by atoms with Crippen LogP contribution in [0.1, 0.15) is 11.4 Å². The molecule has 1 heterocycles. The zero-order chi connectivity index (χ0) is 13.6. The minimum atomic E-state index is 0.740. The molecular weight excluding hydrogens is 302 g/mol. The number of nitrogen functional groups attached to an aromatic ring is 1. The maximum absolute atomic E-state index is 5.82. The SMILES string of the molecule is Cc1cc(Br)ccc1-n1c(C)nc2cc(N)ccc21. The van der Waals surface area contributed by atoms with E-state index >= 15 is 0 Å². The van der Waals surface area contributed by atoms with E-state index in [2.05, 4.69) is 44.5 Å². The van der Waals surface area contributed by atoms with Crippen molar-refractivity contribution in [1.29, 1.82) is 0 Å². The van der Waals surface area contributed by atoms with E-state index in [9.17, 15) is 0 Å². The predicted molar refractivity (Wildman–Crippen MR) is 82.7 cm³/mol. The first-order chi connectivity index (χ1) is 9.06. The molecule has 0 atom stereocenters. The molecule has 0 aliphatic heterocycles. The summed E-state index contributed by atoms with van der Waals surface area (Å²) in [5.74, 6) is 0.964.